The Kier molecular flexibility index (Phi) is 44.1. The van der Waals surface area contributed by atoms with Crippen molar-refractivity contribution in [1.82, 2.24) is 0 Å². The highest BCUT2D eigenvalue weighted by atomic mass is 31.2. The number of phosphoric acid groups is 1. The van der Waals surface area contributed by atoms with Gasteiger partial charge in [-0.15, -0.1) is 0 Å². The number of unbranched alkanes of at least 4 members (excludes halogenated alkanes) is 31. The third kappa shape index (κ3) is 44.6. The van der Waals surface area contributed by atoms with Crippen molar-refractivity contribution in [3.63, 3.8) is 0 Å². The highest BCUT2D eigenvalue weighted by Gasteiger charge is 2.26. The zero-order valence-corrected chi connectivity index (χ0v) is 38.2. The molecule has 0 saturated heterocycles. The van der Waals surface area contributed by atoms with Crippen LogP contribution >= 0.6 is 7.82 Å². The van der Waals surface area contributed by atoms with Crippen molar-refractivity contribution in [2.24, 2.45) is 0 Å². The first-order valence-electron chi connectivity index (χ1n) is 24.2. The molecule has 9 nitrogen and oxygen atoms in total. The molecule has 57 heavy (non-hydrogen) atoms. The maximum atomic E-state index is 12.7. The molecule has 3 unspecified atom stereocenters. The second-order valence-electron chi connectivity index (χ2n) is 16.5. The van der Waals surface area contributed by atoms with Crippen LogP contribution in [0, 0.1) is 0 Å². The maximum absolute atomic E-state index is 12.7. The summed E-state index contributed by atoms with van der Waals surface area (Å²) in [5.74, 6) is -0.378. The van der Waals surface area contributed by atoms with Crippen molar-refractivity contribution < 1.29 is 43.0 Å². The molecule has 0 amide bonds. The van der Waals surface area contributed by atoms with Gasteiger partial charge in [-0.3, -0.25) is 13.8 Å². The summed E-state index contributed by atoms with van der Waals surface area (Å²) in [6, 6.07) is 0. The molecule has 0 radical (unpaired) electrons. The van der Waals surface area contributed by atoms with Crippen LogP contribution in [-0.2, 0) is 27.9 Å². The van der Waals surface area contributed by atoms with Crippen molar-refractivity contribution in [3.05, 3.63) is 12.2 Å². The van der Waals surface area contributed by atoms with Crippen LogP contribution in [0.25, 0.3) is 0 Å². The minimum absolute atomic E-state index is 0.0509. The van der Waals surface area contributed by atoms with E-state index in [9.17, 15) is 19.4 Å². The average Bonchev–Trinajstić information content (AvgIpc) is 3.20. The topological polar surface area (TPSA) is 132 Å². The first kappa shape index (κ1) is 56.2. The summed E-state index contributed by atoms with van der Waals surface area (Å²) in [6.45, 7) is 3.56. The molecule has 0 aromatic heterocycles. The SMILES string of the molecule is CCCCCCCC/C=C\CCCCCCCCOCC(COP(=O)(O)OCC(O)CO)OC(=O)CCCCCCCCCCCCCCCCCCCCCC. The smallest absolute Gasteiger partial charge is 0.457 e. The van der Waals surface area contributed by atoms with Gasteiger partial charge in [-0.2, -0.15) is 0 Å². The standard InChI is InChI=1S/C47H93O9P/c1-3-5-7-9-11-13-15-17-19-21-22-23-24-25-27-29-31-33-35-37-39-47(50)56-46(44-55-57(51,52)54-42-45(49)41-48)43-53-40-38-36-34-32-30-28-26-20-18-16-14-12-10-8-6-4-2/h18,20,45-46,48-49H,3-17,19,21-44H2,1-2H3,(H,51,52)/b20-18-. The number of aliphatic hydroxyl groups is 2. The highest BCUT2D eigenvalue weighted by molar-refractivity contribution is 7.47. The van der Waals surface area contributed by atoms with Crippen molar-refractivity contribution in [2.75, 3.05) is 33.0 Å². The number of carbonyl (C=O) groups is 1. The number of carbonyl (C=O) groups excluding carboxylic acids is 1. The Balaban J connectivity index is 4.07. The van der Waals surface area contributed by atoms with E-state index in [0.29, 0.717) is 6.61 Å². The summed E-state index contributed by atoms with van der Waals surface area (Å²) < 4.78 is 33.5. The molecule has 0 aliphatic heterocycles. The molecule has 340 valence electrons. The summed E-state index contributed by atoms with van der Waals surface area (Å²) >= 11 is 0. The van der Waals surface area contributed by atoms with Crippen LogP contribution in [0.3, 0.4) is 0 Å². The van der Waals surface area contributed by atoms with E-state index in [-0.39, 0.29) is 25.6 Å². The van der Waals surface area contributed by atoms with Gasteiger partial charge in [-0.1, -0.05) is 206 Å². The molecular formula is C47H93O9P. The lowest BCUT2D eigenvalue weighted by Crippen LogP contribution is -2.29. The van der Waals surface area contributed by atoms with Gasteiger partial charge in [0.15, 0.2) is 0 Å². The molecule has 3 N–H and O–H groups in total. The molecule has 0 fully saturated rings. The number of rotatable bonds is 47. The van der Waals surface area contributed by atoms with Crippen LogP contribution in [0.5, 0.6) is 0 Å². The molecule has 0 aromatic carbocycles. The minimum Gasteiger partial charge on any atom is -0.457 e. The molecule has 0 saturated carbocycles. The molecule has 0 heterocycles. The second-order valence-corrected chi connectivity index (χ2v) is 17.9. The van der Waals surface area contributed by atoms with Gasteiger partial charge in [-0.05, 0) is 38.5 Å². The zero-order chi connectivity index (χ0) is 41.8. The molecule has 0 spiro atoms. The monoisotopic (exact) mass is 833 g/mol. The predicted molar refractivity (Wildman–Crippen MR) is 238 cm³/mol. The van der Waals surface area contributed by atoms with E-state index in [4.69, 9.17) is 23.6 Å². The predicted octanol–water partition coefficient (Wildman–Crippen LogP) is 13.7. The van der Waals surface area contributed by atoms with Gasteiger partial charge in [-0.25, -0.2) is 4.57 Å². The average molecular weight is 833 g/mol. The van der Waals surface area contributed by atoms with E-state index >= 15 is 0 Å². The van der Waals surface area contributed by atoms with Gasteiger partial charge in [0.1, 0.15) is 12.2 Å². The number of aliphatic hydroxyl groups excluding tert-OH is 2. The van der Waals surface area contributed by atoms with Crippen LogP contribution in [0.15, 0.2) is 12.2 Å². The summed E-state index contributed by atoms with van der Waals surface area (Å²) in [7, 11) is -4.52. The minimum atomic E-state index is -4.52. The van der Waals surface area contributed by atoms with E-state index in [0.717, 1.165) is 44.9 Å². The van der Waals surface area contributed by atoms with Crippen molar-refractivity contribution in [3.8, 4) is 0 Å². The number of allylic oxidation sites excluding steroid dienone is 2. The third-order valence-electron chi connectivity index (χ3n) is 10.7. The molecule has 0 aliphatic rings. The van der Waals surface area contributed by atoms with Crippen LogP contribution in [0.2, 0.25) is 0 Å². The lowest BCUT2D eigenvalue weighted by Gasteiger charge is -2.20. The lowest BCUT2D eigenvalue weighted by molar-refractivity contribution is -0.154. The third-order valence-corrected chi connectivity index (χ3v) is 11.7. The fourth-order valence-electron chi connectivity index (χ4n) is 7.00. The van der Waals surface area contributed by atoms with E-state index in [2.05, 4.69) is 26.0 Å². The van der Waals surface area contributed by atoms with Gasteiger partial charge in [0.2, 0.25) is 0 Å². The number of hydrogen-bond donors (Lipinski definition) is 3. The largest absolute Gasteiger partial charge is 0.472 e. The van der Waals surface area contributed by atoms with Crippen LogP contribution in [0.4, 0.5) is 0 Å². The molecule has 0 aromatic rings. The Hall–Kier alpha value is -0.800. The summed E-state index contributed by atoms with van der Waals surface area (Å²) in [5, 5.41) is 18.4. The first-order chi connectivity index (χ1) is 27.8. The molecule has 0 aliphatic carbocycles. The molecular weight excluding hydrogens is 739 g/mol. The summed E-state index contributed by atoms with van der Waals surface area (Å²) in [6.07, 6.45) is 46.0. The van der Waals surface area contributed by atoms with E-state index < -0.39 is 33.2 Å². The Morgan fingerprint density at radius 2 is 0.895 bits per heavy atom. The van der Waals surface area contributed by atoms with Gasteiger partial charge in [0.05, 0.1) is 26.4 Å². The number of ether oxygens (including phenoxy) is 2. The Morgan fingerprint density at radius 1 is 0.526 bits per heavy atom. The van der Waals surface area contributed by atoms with Crippen molar-refractivity contribution in [2.45, 2.75) is 251 Å². The summed E-state index contributed by atoms with van der Waals surface area (Å²) in [5.41, 5.74) is 0. The van der Waals surface area contributed by atoms with Gasteiger partial charge in [0.25, 0.3) is 0 Å². The van der Waals surface area contributed by atoms with Crippen LogP contribution < -0.4 is 0 Å². The number of phosphoric ester groups is 1. The molecule has 0 bridgehead atoms. The summed E-state index contributed by atoms with van der Waals surface area (Å²) in [4.78, 5) is 22.6. The van der Waals surface area contributed by atoms with Gasteiger partial charge in [0, 0.05) is 13.0 Å². The van der Waals surface area contributed by atoms with Crippen LogP contribution in [0.1, 0.15) is 239 Å². The quantitative estimate of drug-likeness (QED) is 0.0237. The lowest BCUT2D eigenvalue weighted by atomic mass is 10.0. The molecule has 0 rings (SSSR count). The van der Waals surface area contributed by atoms with Gasteiger partial charge < -0.3 is 24.6 Å². The second kappa shape index (κ2) is 44.7. The maximum Gasteiger partial charge on any atom is 0.472 e. The fourth-order valence-corrected chi connectivity index (χ4v) is 7.79. The van der Waals surface area contributed by atoms with E-state index in [1.807, 2.05) is 0 Å². The van der Waals surface area contributed by atoms with E-state index in [1.54, 1.807) is 0 Å². The fraction of sp³-hybridized carbons (Fsp3) is 0.936. The normalized spacial score (nSPS) is 14.0. The molecule has 3 atom stereocenters. The first-order valence-corrected chi connectivity index (χ1v) is 25.7. The molecule has 10 heteroatoms. The van der Waals surface area contributed by atoms with Gasteiger partial charge >= 0.3 is 13.8 Å². The number of esters is 1. The zero-order valence-electron chi connectivity index (χ0n) is 37.3. The Morgan fingerprint density at radius 3 is 1.32 bits per heavy atom. The highest BCUT2D eigenvalue weighted by Crippen LogP contribution is 2.43. The Labute approximate surface area is 351 Å². The Bertz CT molecular complexity index is 902. The van der Waals surface area contributed by atoms with Crippen LogP contribution in [-0.4, -0.2) is 66.3 Å². The number of hydrogen-bond acceptors (Lipinski definition) is 8. The van der Waals surface area contributed by atoms with E-state index in [1.165, 1.54) is 173 Å². The van der Waals surface area contributed by atoms with Crippen molar-refractivity contribution >= 4 is 13.8 Å². The van der Waals surface area contributed by atoms with Crippen molar-refractivity contribution in [1.29, 1.82) is 0 Å².